The lowest BCUT2D eigenvalue weighted by Crippen LogP contribution is -2.34. The predicted molar refractivity (Wildman–Crippen MR) is 108 cm³/mol. The Morgan fingerprint density at radius 1 is 1.20 bits per heavy atom. The zero-order valence-corrected chi connectivity index (χ0v) is 16.2. The number of anilines is 1. The fraction of sp³-hybridized carbons (Fsp3) is 0.211. The van der Waals surface area contributed by atoms with Crippen molar-refractivity contribution in [2.45, 2.75) is 0 Å². The average Bonchev–Trinajstić information content (AvgIpc) is 3.19. The highest BCUT2D eigenvalue weighted by Gasteiger charge is 2.17. The highest BCUT2D eigenvalue weighted by atomic mass is 16.7. The second kappa shape index (κ2) is 8.90. The third-order valence-corrected chi connectivity index (χ3v) is 4.13. The van der Waals surface area contributed by atoms with Crippen LogP contribution < -0.4 is 25.1 Å². The summed E-state index contributed by atoms with van der Waals surface area (Å²) in [6.45, 7) is -0.202. The Labute approximate surface area is 171 Å². The summed E-state index contributed by atoms with van der Waals surface area (Å²) in [6.07, 6.45) is 1.28. The molecule has 0 saturated heterocycles. The fourth-order valence-corrected chi connectivity index (χ4v) is 2.66. The molecule has 11 nitrogen and oxygen atoms in total. The molecule has 0 bridgehead atoms. The van der Waals surface area contributed by atoms with Crippen molar-refractivity contribution in [2.75, 3.05) is 32.3 Å². The number of hydrazone groups is 1. The molecular weight excluding hydrogens is 394 g/mol. The van der Waals surface area contributed by atoms with Crippen LogP contribution in [0, 0.1) is 10.1 Å². The predicted octanol–water partition coefficient (Wildman–Crippen LogP) is 1.27. The third-order valence-electron chi connectivity index (χ3n) is 4.13. The molecule has 0 aliphatic carbocycles. The zero-order valence-electron chi connectivity index (χ0n) is 16.2. The van der Waals surface area contributed by atoms with Crippen LogP contribution in [0.1, 0.15) is 15.9 Å². The summed E-state index contributed by atoms with van der Waals surface area (Å²) in [5, 5.41) is 17.4. The minimum atomic E-state index is -0.556. The zero-order chi connectivity index (χ0) is 21.7. The molecule has 1 aliphatic rings. The molecule has 0 fully saturated rings. The van der Waals surface area contributed by atoms with Gasteiger partial charge in [-0.15, -0.1) is 0 Å². The van der Waals surface area contributed by atoms with Crippen LogP contribution in [0.3, 0.4) is 0 Å². The largest absolute Gasteiger partial charge is 0.454 e. The van der Waals surface area contributed by atoms with E-state index >= 15 is 0 Å². The minimum Gasteiger partial charge on any atom is -0.454 e. The van der Waals surface area contributed by atoms with Crippen molar-refractivity contribution in [3.8, 4) is 11.5 Å². The van der Waals surface area contributed by atoms with Gasteiger partial charge >= 0.3 is 0 Å². The van der Waals surface area contributed by atoms with Crippen molar-refractivity contribution in [2.24, 2.45) is 5.10 Å². The molecule has 0 aromatic heterocycles. The molecule has 0 saturated carbocycles. The maximum atomic E-state index is 12.1. The average molecular weight is 413 g/mol. The van der Waals surface area contributed by atoms with Crippen molar-refractivity contribution >= 4 is 29.4 Å². The van der Waals surface area contributed by atoms with E-state index in [1.165, 1.54) is 18.3 Å². The summed E-state index contributed by atoms with van der Waals surface area (Å²) in [5.74, 6) is 0.00523. The third kappa shape index (κ3) is 4.82. The first kappa shape index (κ1) is 20.6. The van der Waals surface area contributed by atoms with Gasteiger partial charge in [-0.05, 0) is 24.3 Å². The minimum absolute atomic E-state index is 0.0775. The van der Waals surface area contributed by atoms with E-state index in [4.69, 9.17) is 9.47 Å². The number of nitro benzene ring substituents is 1. The van der Waals surface area contributed by atoms with Gasteiger partial charge in [0.1, 0.15) is 5.69 Å². The van der Waals surface area contributed by atoms with Gasteiger partial charge in [-0.2, -0.15) is 5.10 Å². The number of nitro groups is 1. The Morgan fingerprint density at radius 2 is 1.97 bits per heavy atom. The topological polar surface area (TPSA) is 135 Å². The lowest BCUT2D eigenvalue weighted by Gasteiger charge is -2.12. The highest BCUT2D eigenvalue weighted by Crippen LogP contribution is 2.32. The van der Waals surface area contributed by atoms with Gasteiger partial charge in [0.2, 0.25) is 6.79 Å². The van der Waals surface area contributed by atoms with Crippen LogP contribution in [0.25, 0.3) is 0 Å². The Morgan fingerprint density at radius 3 is 2.70 bits per heavy atom. The van der Waals surface area contributed by atoms with E-state index in [2.05, 4.69) is 15.8 Å². The first-order valence-electron chi connectivity index (χ1n) is 8.80. The van der Waals surface area contributed by atoms with Gasteiger partial charge in [0.25, 0.3) is 17.5 Å². The molecule has 2 N–H and O–H groups in total. The van der Waals surface area contributed by atoms with Crippen LogP contribution in [-0.2, 0) is 4.79 Å². The Bertz CT molecular complexity index is 1020. The maximum Gasteiger partial charge on any atom is 0.293 e. The standard InChI is InChI=1S/C19H19N5O6/c1-23(2)14-5-3-12(7-15(14)24(27)28)9-21-22-18(25)10-20-19(26)13-4-6-16-17(8-13)30-11-29-16/h3-9H,10-11H2,1-2H3,(H,20,26)(H,22,25)/b21-9+. The van der Waals surface area contributed by atoms with E-state index < -0.39 is 16.7 Å². The van der Waals surface area contributed by atoms with Crippen LogP contribution in [0.4, 0.5) is 11.4 Å². The molecule has 30 heavy (non-hydrogen) atoms. The monoisotopic (exact) mass is 413 g/mol. The fourth-order valence-electron chi connectivity index (χ4n) is 2.66. The quantitative estimate of drug-likeness (QED) is 0.396. The summed E-state index contributed by atoms with van der Waals surface area (Å²) < 4.78 is 10.4. The maximum absolute atomic E-state index is 12.1. The summed E-state index contributed by atoms with van der Waals surface area (Å²) in [5.41, 5.74) is 3.39. The number of fused-ring (bicyclic) bond motifs is 1. The number of hydrogen-bond acceptors (Lipinski definition) is 8. The van der Waals surface area contributed by atoms with Crippen molar-refractivity contribution < 1.29 is 24.0 Å². The van der Waals surface area contributed by atoms with Crippen LogP contribution in [0.15, 0.2) is 41.5 Å². The summed E-state index contributed by atoms with van der Waals surface area (Å²) in [4.78, 5) is 36.4. The van der Waals surface area contributed by atoms with E-state index in [0.29, 0.717) is 28.3 Å². The molecule has 0 atom stereocenters. The van der Waals surface area contributed by atoms with Gasteiger partial charge in [0, 0.05) is 31.3 Å². The number of benzene rings is 2. The Kier molecular flexibility index (Phi) is 6.11. The molecule has 0 unspecified atom stereocenters. The molecule has 2 aromatic rings. The molecule has 11 heteroatoms. The Balaban J connectivity index is 1.53. The van der Waals surface area contributed by atoms with E-state index in [9.17, 15) is 19.7 Å². The van der Waals surface area contributed by atoms with Gasteiger partial charge in [-0.3, -0.25) is 19.7 Å². The second-order valence-electron chi connectivity index (χ2n) is 6.44. The number of nitrogens with one attached hydrogen (secondary N) is 2. The lowest BCUT2D eigenvalue weighted by atomic mass is 10.2. The van der Waals surface area contributed by atoms with E-state index in [0.717, 1.165) is 0 Å². The van der Waals surface area contributed by atoms with E-state index in [1.807, 2.05) is 0 Å². The number of rotatable bonds is 7. The first-order valence-corrected chi connectivity index (χ1v) is 8.80. The molecule has 3 rings (SSSR count). The molecule has 0 spiro atoms. The van der Waals surface area contributed by atoms with Crippen LogP contribution >= 0.6 is 0 Å². The summed E-state index contributed by atoms with van der Waals surface area (Å²) >= 11 is 0. The lowest BCUT2D eigenvalue weighted by molar-refractivity contribution is -0.384. The van der Waals surface area contributed by atoms with Crippen molar-refractivity contribution in [1.82, 2.24) is 10.7 Å². The van der Waals surface area contributed by atoms with Crippen molar-refractivity contribution in [3.63, 3.8) is 0 Å². The molecule has 1 heterocycles. The molecular formula is C19H19N5O6. The molecule has 156 valence electrons. The number of carbonyl (C=O) groups excluding carboxylic acids is 2. The number of hydrogen-bond donors (Lipinski definition) is 2. The van der Waals surface area contributed by atoms with Gasteiger partial charge < -0.3 is 19.7 Å². The smallest absolute Gasteiger partial charge is 0.293 e. The van der Waals surface area contributed by atoms with Gasteiger partial charge in [0.15, 0.2) is 11.5 Å². The molecule has 2 aromatic carbocycles. The van der Waals surface area contributed by atoms with Gasteiger partial charge in [-0.1, -0.05) is 6.07 Å². The van der Waals surface area contributed by atoms with Crippen LogP contribution in [-0.4, -0.2) is 50.4 Å². The number of nitrogens with zero attached hydrogens (tertiary/aromatic N) is 3. The number of carbonyl (C=O) groups is 2. The van der Waals surface area contributed by atoms with Crippen molar-refractivity contribution in [3.05, 3.63) is 57.6 Å². The summed E-state index contributed by atoms with van der Waals surface area (Å²) in [6, 6.07) is 9.28. The second-order valence-corrected chi connectivity index (χ2v) is 6.44. The highest BCUT2D eigenvalue weighted by molar-refractivity contribution is 5.97. The number of ether oxygens (including phenoxy) is 2. The van der Waals surface area contributed by atoms with E-state index in [1.54, 1.807) is 43.3 Å². The first-order chi connectivity index (χ1) is 14.3. The molecule has 1 aliphatic heterocycles. The van der Waals surface area contributed by atoms with Gasteiger partial charge in [-0.25, -0.2) is 5.43 Å². The van der Waals surface area contributed by atoms with Crippen molar-refractivity contribution in [1.29, 1.82) is 0 Å². The van der Waals surface area contributed by atoms with Gasteiger partial charge in [0.05, 0.1) is 17.7 Å². The normalized spacial score (nSPS) is 11.9. The Hall–Kier alpha value is -4.15. The molecule has 0 radical (unpaired) electrons. The summed E-state index contributed by atoms with van der Waals surface area (Å²) in [7, 11) is 3.41. The van der Waals surface area contributed by atoms with Crippen LogP contribution in [0.5, 0.6) is 11.5 Å². The number of amides is 2. The molecule has 2 amide bonds. The SMILES string of the molecule is CN(C)c1ccc(/C=N/NC(=O)CNC(=O)c2ccc3c(c2)OCO3)cc1[N+](=O)[O-]. The van der Waals surface area contributed by atoms with Crippen LogP contribution in [0.2, 0.25) is 0 Å². The van der Waals surface area contributed by atoms with E-state index in [-0.39, 0.29) is 19.0 Å².